The summed E-state index contributed by atoms with van der Waals surface area (Å²) in [5.74, 6) is -0.291. The maximum atomic E-state index is 12.2. The lowest BCUT2D eigenvalue weighted by atomic mass is 10.0. The Balaban J connectivity index is 2.45. The number of thiocarbonyl (C=S) groups is 1. The van der Waals surface area contributed by atoms with Gasteiger partial charge in [0.1, 0.15) is 0 Å². The normalized spacial score (nSPS) is 19.4. The standard InChI is InChI=1S/C13H16N2O2S2/c1-4-17-12(16)10-8(2)15(3)13(18)14-11(10)9-6-5-7-19-9/h5-7,11H,4H2,1-3H3,(H,14,18). The Labute approximate surface area is 122 Å². The summed E-state index contributed by atoms with van der Waals surface area (Å²) in [5, 5.41) is 5.79. The van der Waals surface area contributed by atoms with E-state index in [4.69, 9.17) is 17.0 Å². The molecule has 1 aliphatic rings. The Morgan fingerprint density at radius 2 is 2.37 bits per heavy atom. The molecule has 1 aromatic rings. The van der Waals surface area contributed by atoms with E-state index < -0.39 is 0 Å². The SMILES string of the molecule is CCOC(=O)C1=C(C)N(C)C(=S)NC1c1cccs1. The van der Waals surface area contributed by atoms with E-state index in [9.17, 15) is 4.79 Å². The van der Waals surface area contributed by atoms with Crippen LogP contribution in [0, 0.1) is 0 Å². The first-order valence-corrected chi connectivity index (χ1v) is 7.30. The third-order valence-electron chi connectivity index (χ3n) is 3.08. The van der Waals surface area contributed by atoms with E-state index in [1.807, 2.05) is 31.5 Å². The fourth-order valence-corrected chi connectivity index (χ4v) is 3.02. The van der Waals surface area contributed by atoms with Gasteiger partial charge in [0.05, 0.1) is 18.2 Å². The molecule has 2 heterocycles. The molecule has 1 aromatic heterocycles. The summed E-state index contributed by atoms with van der Waals surface area (Å²) >= 11 is 6.89. The molecule has 0 amide bonds. The van der Waals surface area contributed by atoms with Gasteiger partial charge in [-0.2, -0.15) is 0 Å². The molecule has 0 fully saturated rings. The second-order valence-electron chi connectivity index (χ2n) is 4.18. The number of nitrogens with zero attached hydrogens (tertiary/aromatic N) is 1. The Kier molecular flexibility index (Phi) is 4.21. The third-order valence-corrected chi connectivity index (χ3v) is 4.41. The average Bonchev–Trinajstić information content (AvgIpc) is 2.89. The number of thiophene rings is 1. The van der Waals surface area contributed by atoms with E-state index >= 15 is 0 Å². The second-order valence-corrected chi connectivity index (χ2v) is 5.54. The molecule has 1 atom stereocenters. The molecular formula is C13H16N2O2S2. The number of ether oxygens (including phenoxy) is 1. The summed E-state index contributed by atoms with van der Waals surface area (Å²) in [4.78, 5) is 15.0. The van der Waals surface area contributed by atoms with Gasteiger partial charge in [0.25, 0.3) is 0 Å². The number of nitrogens with one attached hydrogen (secondary N) is 1. The zero-order valence-corrected chi connectivity index (χ0v) is 12.7. The van der Waals surface area contributed by atoms with E-state index in [0.29, 0.717) is 17.3 Å². The van der Waals surface area contributed by atoms with Gasteiger partial charge < -0.3 is 15.0 Å². The number of allylic oxidation sites excluding steroid dienone is 1. The zero-order chi connectivity index (χ0) is 14.0. The highest BCUT2D eigenvalue weighted by atomic mass is 32.1. The monoisotopic (exact) mass is 296 g/mol. The van der Waals surface area contributed by atoms with Crippen molar-refractivity contribution in [1.29, 1.82) is 0 Å². The summed E-state index contributed by atoms with van der Waals surface area (Å²) in [6.45, 7) is 4.06. The van der Waals surface area contributed by atoms with Gasteiger partial charge in [0.15, 0.2) is 5.11 Å². The minimum absolute atomic E-state index is 0.220. The van der Waals surface area contributed by atoms with Crippen LogP contribution in [0.4, 0.5) is 0 Å². The van der Waals surface area contributed by atoms with Crippen LogP contribution in [-0.2, 0) is 9.53 Å². The molecular weight excluding hydrogens is 280 g/mol. The molecule has 4 nitrogen and oxygen atoms in total. The van der Waals surface area contributed by atoms with E-state index in [1.165, 1.54) is 0 Å². The molecule has 0 aromatic carbocycles. The van der Waals surface area contributed by atoms with Crippen LogP contribution in [0.5, 0.6) is 0 Å². The Hall–Kier alpha value is -1.40. The molecule has 0 spiro atoms. The van der Waals surface area contributed by atoms with E-state index in [2.05, 4.69) is 5.32 Å². The van der Waals surface area contributed by atoms with Crippen molar-refractivity contribution in [3.05, 3.63) is 33.7 Å². The van der Waals surface area contributed by atoms with E-state index in [1.54, 1.807) is 23.2 Å². The number of rotatable bonds is 3. The quantitative estimate of drug-likeness (QED) is 0.685. The van der Waals surface area contributed by atoms with Crippen molar-refractivity contribution in [1.82, 2.24) is 10.2 Å². The molecule has 0 radical (unpaired) electrons. The minimum atomic E-state index is -0.291. The number of esters is 1. The summed E-state index contributed by atoms with van der Waals surface area (Å²) < 4.78 is 5.16. The minimum Gasteiger partial charge on any atom is -0.463 e. The largest absolute Gasteiger partial charge is 0.463 e. The number of hydrogen-bond donors (Lipinski definition) is 1. The molecule has 19 heavy (non-hydrogen) atoms. The average molecular weight is 296 g/mol. The highest BCUT2D eigenvalue weighted by Crippen LogP contribution is 2.32. The number of carbonyl (C=O) groups excluding carboxylic acids is 1. The van der Waals surface area contributed by atoms with Gasteiger partial charge in [-0.05, 0) is 37.5 Å². The molecule has 102 valence electrons. The molecule has 0 saturated carbocycles. The van der Waals surface area contributed by atoms with Gasteiger partial charge in [-0.3, -0.25) is 0 Å². The van der Waals surface area contributed by atoms with Crippen LogP contribution >= 0.6 is 23.6 Å². The number of hydrogen-bond acceptors (Lipinski definition) is 4. The molecule has 1 N–H and O–H groups in total. The third kappa shape index (κ3) is 2.64. The molecule has 0 saturated heterocycles. The van der Waals surface area contributed by atoms with Gasteiger partial charge in [0, 0.05) is 17.6 Å². The lowest BCUT2D eigenvalue weighted by Gasteiger charge is -2.34. The maximum Gasteiger partial charge on any atom is 0.338 e. The predicted octanol–water partition coefficient (Wildman–Crippen LogP) is 2.45. The topological polar surface area (TPSA) is 41.6 Å². The van der Waals surface area contributed by atoms with Gasteiger partial charge in [-0.1, -0.05) is 6.07 Å². The summed E-state index contributed by atoms with van der Waals surface area (Å²) in [6, 6.07) is 3.73. The molecule has 1 unspecified atom stereocenters. The van der Waals surface area contributed by atoms with Crippen LogP contribution in [0.25, 0.3) is 0 Å². The molecule has 1 aliphatic heterocycles. The van der Waals surface area contributed by atoms with Crippen LogP contribution in [0.15, 0.2) is 28.8 Å². The Morgan fingerprint density at radius 3 is 2.95 bits per heavy atom. The fourth-order valence-electron chi connectivity index (χ4n) is 1.98. The van der Waals surface area contributed by atoms with E-state index in [0.717, 1.165) is 10.6 Å². The summed E-state index contributed by atoms with van der Waals surface area (Å²) in [7, 11) is 1.84. The first-order valence-electron chi connectivity index (χ1n) is 6.01. The predicted molar refractivity (Wildman–Crippen MR) is 79.9 cm³/mol. The van der Waals surface area contributed by atoms with Crippen LogP contribution in [0.2, 0.25) is 0 Å². The first kappa shape index (κ1) is 14.0. The molecule has 0 bridgehead atoms. The van der Waals surface area contributed by atoms with Crippen LogP contribution in [0.3, 0.4) is 0 Å². The van der Waals surface area contributed by atoms with Crippen LogP contribution < -0.4 is 5.32 Å². The molecule has 2 rings (SSSR count). The molecule has 6 heteroatoms. The molecule has 0 aliphatic carbocycles. The highest BCUT2D eigenvalue weighted by Gasteiger charge is 2.33. The van der Waals surface area contributed by atoms with Gasteiger partial charge >= 0.3 is 5.97 Å². The van der Waals surface area contributed by atoms with Gasteiger partial charge in [-0.15, -0.1) is 11.3 Å². The van der Waals surface area contributed by atoms with Crippen molar-refractivity contribution >= 4 is 34.6 Å². The smallest absolute Gasteiger partial charge is 0.338 e. The lowest BCUT2D eigenvalue weighted by molar-refractivity contribution is -0.139. The van der Waals surface area contributed by atoms with Crippen molar-refractivity contribution < 1.29 is 9.53 Å². The fraction of sp³-hybridized carbons (Fsp3) is 0.385. The Bertz CT molecular complexity index is 523. The summed E-state index contributed by atoms with van der Waals surface area (Å²) in [6.07, 6.45) is 0. The zero-order valence-electron chi connectivity index (χ0n) is 11.1. The van der Waals surface area contributed by atoms with Crippen molar-refractivity contribution in [2.24, 2.45) is 0 Å². The first-order chi connectivity index (χ1) is 9.06. The van der Waals surface area contributed by atoms with Gasteiger partial charge in [0.2, 0.25) is 0 Å². The van der Waals surface area contributed by atoms with Crippen LogP contribution in [-0.4, -0.2) is 29.6 Å². The van der Waals surface area contributed by atoms with Crippen molar-refractivity contribution in [2.75, 3.05) is 13.7 Å². The van der Waals surface area contributed by atoms with Crippen molar-refractivity contribution in [3.63, 3.8) is 0 Å². The van der Waals surface area contributed by atoms with Crippen LogP contribution in [0.1, 0.15) is 24.8 Å². The summed E-state index contributed by atoms with van der Waals surface area (Å²) in [5.41, 5.74) is 1.46. The second kappa shape index (κ2) is 5.71. The maximum absolute atomic E-state index is 12.2. The van der Waals surface area contributed by atoms with E-state index in [-0.39, 0.29) is 12.0 Å². The Morgan fingerprint density at radius 1 is 1.63 bits per heavy atom. The lowest BCUT2D eigenvalue weighted by Crippen LogP contribution is -2.45. The van der Waals surface area contributed by atoms with Crippen molar-refractivity contribution in [2.45, 2.75) is 19.9 Å². The van der Waals surface area contributed by atoms with Crippen molar-refractivity contribution in [3.8, 4) is 0 Å². The highest BCUT2D eigenvalue weighted by molar-refractivity contribution is 7.80. The van der Waals surface area contributed by atoms with Gasteiger partial charge in [-0.25, -0.2) is 4.79 Å². The number of carbonyl (C=O) groups is 1.